The number of aromatic nitrogens is 1. The van der Waals surface area contributed by atoms with Crippen LogP contribution in [-0.2, 0) is 4.79 Å². The molecule has 1 amide bonds. The molecule has 3 rings (SSSR count). The highest BCUT2D eigenvalue weighted by atomic mass is 16.5. The number of piperidine rings is 1. The van der Waals surface area contributed by atoms with E-state index in [-0.39, 0.29) is 12.0 Å². The van der Waals surface area contributed by atoms with Gasteiger partial charge in [0.25, 0.3) is 0 Å². The van der Waals surface area contributed by atoms with Gasteiger partial charge in [0.2, 0.25) is 11.8 Å². The van der Waals surface area contributed by atoms with Crippen molar-refractivity contribution in [3.05, 3.63) is 53.7 Å². The van der Waals surface area contributed by atoms with Crippen LogP contribution in [0.3, 0.4) is 0 Å². The van der Waals surface area contributed by atoms with E-state index in [0.29, 0.717) is 30.5 Å². The molecule has 1 saturated heterocycles. The predicted molar refractivity (Wildman–Crippen MR) is 108 cm³/mol. The fourth-order valence-corrected chi connectivity index (χ4v) is 3.18. The Labute approximate surface area is 165 Å². The number of nitrogens with zero attached hydrogens (tertiary/aromatic N) is 2. The van der Waals surface area contributed by atoms with Gasteiger partial charge in [0, 0.05) is 43.8 Å². The number of carbonyl (C=O) groups excluding carboxylic acids is 1. The van der Waals surface area contributed by atoms with E-state index >= 15 is 0 Å². The number of pyridine rings is 1. The van der Waals surface area contributed by atoms with E-state index in [2.05, 4.69) is 4.98 Å². The van der Waals surface area contributed by atoms with Gasteiger partial charge in [-0.2, -0.15) is 0 Å². The number of aryl methyl sites for hydroxylation is 1. The number of rotatable bonds is 6. The number of benzene rings is 1. The molecule has 1 aromatic carbocycles. The molecular formula is C22H26N2O4. The summed E-state index contributed by atoms with van der Waals surface area (Å²) < 4.78 is 16.5. The van der Waals surface area contributed by atoms with Gasteiger partial charge in [-0.15, -0.1) is 0 Å². The van der Waals surface area contributed by atoms with Crippen LogP contribution in [0.5, 0.6) is 17.4 Å². The number of carbonyl (C=O) groups is 1. The lowest BCUT2D eigenvalue weighted by Crippen LogP contribution is -2.41. The number of methoxy groups -OCH3 is 2. The Bertz CT molecular complexity index is 842. The third kappa shape index (κ3) is 5.03. The van der Waals surface area contributed by atoms with Crippen LogP contribution in [-0.4, -0.2) is 49.2 Å². The van der Waals surface area contributed by atoms with Crippen molar-refractivity contribution >= 4 is 12.0 Å². The Morgan fingerprint density at radius 1 is 1.11 bits per heavy atom. The van der Waals surface area contributed by atoms with E-state index in [4.69, 9.17) is 14.2 Å². The Kier molecular flexibility index (Phi) is 6.53. The van der Waals surface area contributed by atoms with Gasteiger partial charge in [-0.05, 0) is 36.8 Å². The quantitative estimate of drug-likeness (QED) is 0.716. The lowest BCUT2D eigenvalue weighted by Gasteiger charge is -2.31. The van der Waals surface area contributed by atoms with Gasteiger partial charge in [0.1, 0.15) is 6.10 Å². The smallest absolute Gasteiger partial charge is 0.246 e. The Morgan fingerprint density at radius 3 is 2.54 bits per heavy atom. The Hall–Kier alpha value is -3.02. The van der Waals surface area contributed by atoms with Crippen LogP contribution in [0.2, 0.25) is 0 Å². The second-order valence-corrected chi connectivity index (χ2v) is 6.71. The Morgan fingerprint density at radius 2 is 1.86 bits per heavy atom. The van der Waals surface area contributed by atoms with Crippen LogP contribution in [0.1, 0.15) is 24.1 Å². The molecule has 0 bridgehead atoms. The van der Waals surface area contributed by atoms with Gasteiger partial charge >= 0.3 is 0 Å². The summed E-state index contributed by atoms with van der Waals surface area (Å²) in [7, 11) is 3.19. The first-order valence-electron chi connectivity index (χ1n) is 9.38. The van der Waals surface area contributed by atoms with Crippen molar-refractivity contribution in [2.75, 3.05) is 27.3 Å². The molecule has 0 saturated carbocycles. The molecule has 0 N–H and O–H groups in total. The van der Waals surface area contributed by atoms with Gasteiger partial charge in [0.05, 0.1) is 14.2 Å². The summed E-state index contributed by atoms with van der Waals surface area (Å²) in [5.41, 5.74) is 1.82. The van der Waals surface area contributed by atoms with Gasteiger partial charge in [-0.1, -0.05) is 12.1 Å². The second kappa shape index (κ2) is 9.26. The summed E-state index contributed by atoms with van der Waals surface area (Å²) in [6.45, 7) is 3.29. The summed E-state index contributed by atoms with van der Waals surface area (Å²) in [4.78, 5) is 18.7. The molecule has 0 radical (unpaired) electrons. The van der Waals surface area contributed by atoms with Crippen LogP contribution in [0.15, 0.2) is 42.5 Å². The third-order valence-electron chi connectivity index (χ3n) is 4.73. The molecule has 1 aromatic heterocycles. The molecule has 0 spiro atoms. The molecule has 148 valence electrons. The van der Waals surface area contributed by atoms with Crippen molar-refractivity contribution in [1.29, 1.82) is 0 Å². The van der Waals surface area contributed by atoms with Crippen molar-refractivity contribution in [2.24, 2.45) is 0 Å². The number of hydrogen-bond donors (Lipinski definition) is 0. The number of ether oxygens (including phenoxy) is 3. The lowest BCUT2D eigenvalue weighted by atomic mass is 10.1. The summed E-state index contributed by atoms with van der Waals surface area (Å²) in [5, 5.41) is 0. The van der Waals surface area contributed by atoms with E-state index in [1.807, 2.05) is 48.2 Å². The molecule has 6 nitrogen and oxygen atoms in total. The van der Waals surface area contributed by atoms with Crippen LogP contribution in [0, 0.1) is 6.92 Å². The average Bonchev–Trinajstić information content (AvgIpc) is 2.72. The molecular weight excluding hydrogens is 356 g/mol. The molecule has 2 aromatic rings. The SMILES string of the molecule is COc1ccc(C=CC(=O)N2CCC(Oc3cccc(C)n3)CC2)cc1OC. The van der Waals surface area contributed by atoms with Crippen LogP contribution in [0.4, 0.5) is 0 Å². The van der Waals surface area contributed by atoms with E-state index in [1.54, 1.807) is 26.4 Å². The standard InChI is InChI=1S/C22H26N2O4/c1-16-5-4-6-21(23-16)28-18-11-13-24(14-12-18)22(25)10-8-17-7-9-19(26-2)20(15-17)27-3/h4-10,15,18H,11-14H2,1-3H3. The minimum atomic E-state index is 0.00177. The monoisotopic (exact) mass is 382 g/mol. The molecule has 2 heterocycles. The van der Waals surface area contributed by atoms with E-state index in [9.17, 15) is 4.79 Å². The van der Waals surface area contributed by atoms with Crippen molar-refractivity contribution in [1.82, 2.24) is 9.88 Å². The third-order valence-corrected chi connectivity index (χ3v) is 4.73. The van der Waals surface area contributed by atoms with Crippen molar-refractivity contribution < 1.29 is 19.0 Å². The van der Waals surface area contributed by atoms with Crippen LogP contribution in [0.25, 0.3) is 6.08 Å². The highest BCUT2D eigenvalue weighted by Crippen LogP contribution is 2.28. The maximum absolute atomic E-state index is 12.5. The zero-order chi connectivity index (χ0) is 19.9. The van der Waals surface area contributed by atoms with Crippen LogP contribution >= 0.6 is 0 Å². The number of hydrogen-bond acceptors (Lipinski definition) is 5. The molecule has 1 fully saturated rings. The zero-order valence-corrected chi connectivity index (χ0v) is 16.6. The van der Waals surface area contributed by atoms with E-state index in [1.165, 1.54) is 0 Å². The first-order chi connectivity index (χ1) is 13.6. The maximum Gasteiger partial charge on any atom is 0.246 e. The largest absolute Gasteiger partial charge is 0.493 e. The van der Waals surface area contributed by atoms with E-state index in [0.717, 1.165) is 24.1 Å². The van der Waals surface area contributed by atoms with Crippen molar-refractivity contribution in [3.63, 3.8) is 0 Å². The summed E-state index contributed by atoms with van der Waals surface area (Å²) in [6.07, 6.45) is 5.08. The molecule has 28 heavy (non-hydrogen) atoms. The average molecular weight is 382 g/mol. The van der Waals surface area contributed by atoms with Crippen molar-refractivity contribution in [3.8, 4) is 17.4 Å². The summed E-state index contributed by atoms with van der Waals surface area (Å²) >= 11 is 0. The molecule has 1 aliphatic rings. The van der Waals surface area contributed by atoms with Crippen LogP contribution < -0.4 is 14.2 Å². The highest BCUT2D eigenvalue weighted by molar-refractivity contribution is 5.91. The number of likely N-dealkylation sites (tertiary alicyclic amines) is 1. The summed E-state index contributed by atoms with van der Waals surface area (Å²) in [5.74, 6) is 1.95. The fraction of sp³-hybridized carbons (Fsp3) is 0.364. The molecule has 0 aliphatic carbocycles. The lowest BCUT2D eigenvalue weighted by molar-refractivity contribution is -0.127. The Balaban J connectivity index is 1.53. The highest BCUT2D eigenvalue weighted by Gasteiger charge is 2.23. The normalized spacial score (nSPS) is 14.9. The zero-order valence-electron chi connectivity index (χ0n) is 16.6. The van der Waals surface area contributed by atoms with E-state index < -0.39 is 0 Å². The molecule has 0 atom stereocenters. The second-order valence-electron chi connectivity index (χ2n) is 6.71. The first-order valence-corrected chi connectivity index (χ1v) is 9.38. The number of amides is 1. The molecule has 0 unspecified atom stereocenters. The molecule has 1 aliphatic heterocycles. The van der Waals surface area contributed by atoms with Gasteiger partial charge < -0.3 is 19.1 Å². The maximum atomic E-state index is 12.5. The minimum Gasteiger partial charge on any atom is -0.493 e. The van der Waals surface area contributed by atoms with Gasteiger partial charge in [-0.25, -0.2) is 4.98 Å². The van der Waals surface area contributed by atoms with Gasteiger partial charge in [0.15, 0.2) is 11.5 Å². The summed E-state index contributed by atoms with van der Waals surface area (Å²) in [6, 6.07) is 11.3. The first kappa shape index (κ1) is 19.7. The fourth-order valence-electron chi connectivity index (χ4n) is 3.18. The van der Waals surface area contributed by atoms with Crippen molar-refractivity contribution in [2.45, 2.75) is 25.9 Å². The topological polar surface area (TPSA) is 60.9 Å². The minimum absolute atomic E-state index is 0.00177. The van der Waals surface area contributed by atoms with Gasteiger partial charge in [-0.3, -0.25) is 4.79 Å². The molecule has 6 heteroatoms. The predicted octanol–water partition coefficient (Wildman–Crippen LogP) is 3.49.